The molecule has 1 rings (SSSR count). The number of aliphatic carboxylic acids is 1. The van der Waals surface area contributed by atoms with Gasteiger partial charge in [-0.25, -0.2) is 0 Å². The first-order valence-corrected chi connectivity index (χ1v) is 8.21. The van der Waals surface area contributed by atoms with Crippen LogP contribution in [0.5, 0.6) is 0 Å². The monoisotopic (exact) mass is 312 g/mol. The molecule has 1 fully saturated rings. The Morgan fingerprint density at radius 3 is 2.27 bits per heavy atom. The lowest BCUT2D eigenvalue weighted by atomic mass is 9.74. The van der Waals surface area contributed by atoms with Gasteiger partial charge >= 0.3 is 5.97 Å². The smallest absolute Gasteiger partial charge is 0.311 e. The third-order valence-corrected chi connectivity index (χ3v) is 4.34. The molecule has 126 valence electrons. The molecule has 0 saturated heterocycles. The third kappa shape index (κ3) is 6.45. The van der Waals surface area contributed by atoms with Crippen molar-refractivity contribution in [3.8, 4) is 0 Å². The zero-order valence-electron chi connectivity index (χ0n) is 13.5. The number of carboxylic acids is 1. The summed E-state index contributed by atoms with van der Waals surface area (Å²) >= 11 is 0. The standard InChI is InChI=1S/C16H28N2O4/c1-13(19)17-11-7-2-4-8-14(20)18-12-16(15(21)22)9-5-3-6-10-16/h2-12H2,1H3,(H,17,19)(H,18,20)(H,21,22). The lowest BCUT2D eigenvalue weighted by Gasteiger charge is -2.33. The maximum atomic E-state index is 11.8. The van der Waals surface area contributed by atoms with E-state index in [-0.39, 0.29) is 18.4 Å². The number of hydrogen-bond donors (Lipinski definition) is 3. The number of carbonyl (C=O) groups is 3. The van der Waals surface area contributed by atoms with Gasteiger partial charge in [-0.05, 0) is 25.7 Å². The van der Waals surface area contributed by atoms with Crippen molar-refractivity contribution >= 4 is 17.8 Å². The molecule has 1 aliphatic carbocycles. The molecule has 3 N–H and O–H groups in total. The second-order valence-electron chi connectivity index (χ2n) is 6.22. The molecule has 6 heteroatoms. The Labute approximate surface area is 132 Å². The van der Waals surface area contributed by atoms with E-state index in [0.717, 1.165) is 38.5 Å². The van der Waals surface area contributed by atoms with E-state index in [1.54, 1.807) is 0 Å². The van der Waals surface area contributed by atoms with E-state index in [1.165, 1.54) is 6.92 Å². The van der Waals surface area contributed by atoms with Crippen LogP contribution < -0.4 is 10.6 Å². The summed E-state index contributed by atoms with van der Waals surface area (Å²) in [5, 5.41) is 14.9. The van der Waals surface area contributed by atoms with Gasteiger partial charge < -0.3 is 15.7 Å². The van der Waals surface area contributed by atoms with Crippen molar-refractivity contribution in [3.63, 3.8) is 0 Å². The molecular weight excluding hydrogens is 284 g/mol. The molecule has 6 nitrogen and oxygen atoms in total. The van der Waals surface area contributed by atoms with Crippen molar-refractivity contribution < 1.29 is 19.5 Å². The average Bonchev–Trinajstić information content (AvgIpc) is 2.49. The fraction of sp³-hybridized carbons (Fsp3) is 0.812. The van der Waals surface area contributed by atoms with Gasteiger partial charge in [0.15, 0.2) is 0 Å². The van der Waals surface area contributed by atoms with Crippen LogP contribution >= 0.6 is 0 Å². The lowest BCUT2D eigenvalue weighted by Crippen LogP contribution is -2.44. The molecule has 0 radical (unpaired) electrons. The molecule has 1 aliphatic rings. The highest BCUT2D eigenvalue weighted by atomic mass is 16.4. The molecule has 0 bridgehead atoms. The number of amides is 2. The molecule has 2 amide bonds. The van der Waals surface area contributed by atoms with Crippen molar-refractivity contribution in [2.75, 3.05) is 13.1 Å². The van der Waals surface area contributed by atoms with Gasteiger partial charge in [-0.1, -0.05) is 25.7 Å². The van der Waals surface area contributed by atoms with Gasteiger partial charge in [0.2, 0.25) is 11.8 Å². The van der Waals surface area contributed by atoms with Crippen molar-refractivity contribution in [2.45, 2.75) is 64.7 Å². The highest BCUT2D eigenvalue weighted by Gasteiger charge is 2.39. The molecular formula is C16H28N2O4. The fourth-order valence-corrected chi connectivity index (χ4v) is 2.90. The van der Waals surface area contributed by atoms with Crippen molar-refractivity contribution in [1.82, 2.24) is 10.6 Å². The van der Waals surface area contributed by atoms with Gasteiger partial charge in [-0.15, -0.1) is 0 Å². The van der Waals surface area contributed by atoms with Gasteiger partial charge in [0.05, 0.1) is 5.41 Å². The number of hydrogen-bond acceptors (Lipinski definition) is 3. The van der Waals surface area contributed by atoms with Crippen molar-refractivity contribution in [1.29, 1.82) is 0 Å². The van der Waals surface area contributed by atoms with Crippen LogP contribution in [0.4, 0.5) is 0 Å². The summed E-state index contributed by atoms with van der Waals surface area (Å²) in [6.45, 7) is 2.36. The van der Waals surface area contributed by atoms with Crippen LogP contribution in [-0.2, 0) is 14.4 Å². The van der Waals surface area contributed by atoms with E-state index < -0.39 is 11.4 Å². The van der Waals surface area contributed by atoms with E-state index in [0.29, 0.717) is 25.8 Å². The summed E-state index contributed by atoms with van der Waals surface area (Å²) in [5.74, 6) is -0.905. The summed E-state index contributed by atoms with van der Waals surface area (Å²) in [6.07, 6.45) is 7.12. The molecule has 1 saturated carbocycles. The Balaban J connectivity index is 2.18. The van der Waals surface area contributed by atoms with Crippen molar-refractivity contribution in [3.05, 3.63) is 0 Å². The molecule has 0 spiro atoms. The van der Waals surface area contributed by atoms with Crippen LogP contribution in [0, 0.1) is 5.41 Å². The normalized spacial score (nSPS) is 16.8. The quantitative estimate of drug-likeness (QED) is 0.566. The Morgan fingerprint density at radius 2 is 1.68 bits per heavy atom. The molecule has 0 aliphatic heterocycles. The molecule has 0 aromatic rings. The maximum Gasteiger partial charge on any atom is 0.311 e. The van der Waals surface area contributed by atoms with Crippen LogP contribution in [0.2, 0.25) is 0 Å². The van der Waals surface area contributed by atoms with Crippen LogP contribution in [0.25, 0.3) is 0 Å². The van der Waals surface area contributed by atoms with Gasteiger partial charge in [-0.2, -0.15) is 0 Å². The van der Waals surface area contributed by atoms with Gasteiger partial charge in [0, 0.05) is 26.4 Å². The maximum absolute atomic E-state index is 11.8. The summed E-state index contributed by atoms with van der Waals surface area (Å²) in [7, 11) is 0. The van der Waals surface area contributed by atoms with Crippen LogP contribution in [0.3, 0.4) is 0 Å². The summed E-state index contributed by atoms with van der Waals surface area (Å²) in [5.41, 5.74) is -0.765. The molecule has 22 heavy (non-hydrogen) atoms. The van der Waals surface area contributed by atoms with Crippen molar-refractivity contribution in [2.24, 2.45) is 5.41 Å². The first-order chi connectivity index (χ1) is 10.5. The summed E-state index contributed by atoms with van der Waals surface area (Å²) in [6, 6.07) is 0. The minimum Gasteiger partial charge on any atom is -0.481 e. The number of rotatable bonds is 9. The highest BCUT2D eigenvalue weighted by molar-refractivity contribution is 5.79. The second-order valence-corrected chi connectivity index (χ2v) is 6.22. The average molecular weight is 312 g/mol. The number of carbonyl (C=O) groups excluding carboxylic acids is 2. The Kier molecular flexibility index (Phi) is 7.91. The minimum absolute atomic E-state index is 0.0378. The molecule has 0 aromatic heterocycles. The molecule has 0 heterocycles. The zero-order chi connectivity index (χ0) is 16.4. The fourth-order valence-electron chi connectivity index (χ4n) is 2.90. The third-order valence-electron chi connectivity index (χ3n) is 4.34. The molecule has 0 unspecified atom stereocenters. The SMILES string of the molecule is CC(=O)NCCCCCC(=O)NCC1(C(=O)O)CCCCC1. The van der Waals surface area contributed by atoms with Gasteiger partial charge in [0.1, 0.15) is 0 Å². The Hall–Kier alpha value is -1.59. The second kappa shape index (κ2) is 9.43. The molecule has 0 aromatic carbocycles. The van der Waals surface area contributed by atoms with E-state index in [4.69, 9.17) is 0 Å². The van der Waals surface area contributed by atoms with E-state index in [1.807, 2.05) is 0 Å². The summed E-state index contributed by atoms with van der Waals surface area (Å²) < 4.78 is 0. The Bertz CT molecular complexity index is 390. The summed E-state index contributed by atoms with van der Waals surface area (Å²) in [4.78, 5) is 34.0. The Morgan fingerprint density at radius 1 is 1.00 bits per heavy atom. The predicted molar refractivity (Wildman–Crippen MR) is 83.3 cm³/mol. The minimum atomic E-state index is -0.789. The van der Waals surface area contributed by atoms with E-state index >= 15 is 0 Å². The lowest BCUT2D eigenvalue weighted by molar-refractivity contribution is -0.151. The molecule has 0 atom stereocenters. The number of unbranched alkanes of at least 4 members (excludes halogenated alkanes) is 2. The zero-order valence-corrected chi connectivity index (χ0v) is 13.5. The highest BCUT2D eigenvalue weighted by Crippen LogP contribution is 2.36. The van der Waals surface area contributed by atoms with Gasteiger partial charge in [0.25, 0.3) is 0 Å². The van der Waals surface area contributed by atoms with Gasteiger partial charge in [-0.3, -0.25) is 14.4 Å². The number of carboxylic acid groups (broad SMARTS) is 1. The van der Waals surface area contributed by atoms with Crippen LogP contribution in [0.1, 0.15) is 64.7 Å². The first kappa shape index (κ1) is 18.5. The largest absolute Gasteiger partial charge is 0.481 e. The van der Waals surface area contributed by atoms with E-state index in [2.05, 4.69) is 10.6 Å². The first-order valence-electron chi connectivity index (χ1n) is 8.21. The topological polar surface area (TPSA) is 95.5 Å². The number of nitrogens with one attached hydrogen (secondary N) is 2. The van der Waals surface area contributed by atoms with E-state index in [9.17, 15) is 19.5 Å². The van der Waals surface area contributed by atoms with Crippen LogP contribution in [0.15, 0.2) is 0 Å². The predicted octanol–water partition coefficient (Wildman–Crippen LogP) is 1.83. The van der Waals surface area contributed by atoms with Crippen LogP contribution in [-0.4, -0.2) is 36.0 Å².